The Balaban J connectivity index is 1.63. The molecule has 0 aliphatic heterocycles. The standard InChI is InChI=1S/C30H44O4/c1-3-5-7-8-9-12-25-33-28-21-17-27(18-22-28)30(31)34-29-19-15-26(16-20-29)14-10-13-24-32-23-11-6-4-2/h15-22H,3-14,23-25H2,1-2H3. The molecule has 0 unspecified atom stereocenters. The Hall–Kier alpha value is -2.33. The van der Waals surface area contributed by atoms with E-state index in [9.17, 15) is 4.79 Å². The lowest BCUT2D eigenvalue weighted by molar-refractivity contribution is 0.0734. The predicted octanol–water partition coefficient (Wildman–Crippen LogP) is 8.17. The van der Waals surface area contributed by atoms with Gasteiger partial charge in [-0.25, -0.2) is 4.79 Å². The average molecular weight is 469 g/mol. The summed E-state index contributed by atoms with van der Waals surface area (Å²) in [5.41, 5.74) is 1.77. The maximum Gasteiger partial charge on any atom is 0.343 e. The van der Waals surface area contributed by atoms with Crippen molar-refractivity contribution in [3.05, 3.63) is 59.7 Å². The lowest BCUT2D eigenvalue weighted by atomic mass is 10.1. The third-order valence-corrected chi connectivity index (χ3v) is 5.89. The van der Waals surface area contributed by atoms with E-state index in [4.69, 9.17) is 14.2 Å². The zero-order chi connectivity index (χ0) is 24.3. The van der Waals surface area contributed by atoms with E-state index in [1.165, 1.54) is 50.5 Å². The number of hydrogen-bond donors (Lipinski definition) is 0. The first kappa shape index (κ1) is 27.9. The average Bonchev–Trinajstić information content (AvgIpc) is 2.86. The van der Waals surface area contributed by atoms with Crippen LogP contribution in [0.2, 0.25) is 0 Å². The maximum atomic E-state index is 12.5. The van der Waals surface area contributed by atoms with E-state index in [-0.39, 0.29) is 5.97 Å². The molecule has 0 saturated carbocycles. The number of rotatable bonds is 19. The number of benzene rings is 2. The Morgan fingerprint density at radius 2 is 1.18 bits per heavy atom. The van der Waals surface area contributed by atoms with Gasteiger partial charge >= 0.3 is 5.97 Å². The van der Waals surface area contributed by atoms with Crippen molar-refractivity contribution in [1.82, 2.24) is 0 Å². The summed E-state index contributed by atoms with van der Waals surface area (Å²) < 4.78 is 17.0. The van der Waals surface area contributed by atoms with Gasteiger partial charge in [-0.15, -0.1) is 0 Å². The van der Waals surface area contributed by atoms with Gasteiger partial charge in [-0.2, -0.15) is 0 Å². The van der Waals surface area contributed by atoms with Gasteiger partial charge in [0.15, 0.2) is 0 Å². The minimum absolute atomic E-state index is 0.351. The van der Waals surface area contributed by atoms with Crippen LogP contribution in [-0.4, -0.2) is 25.8 Å². The predicted molar refractivity (Wildman–Crippen MR) is 140 cm³/mol. The van der Waals surface area contributed by atoms with Crippen LogP contribution in [0.3, 0.4) is 0 Å². The van der Waals surface area contributed by atoms with Gasteiger partial charge in [-0.3, -0.25) is 0 Å². The highest BCUT2D eigenvalue weighted by atomic mass is 16.5. The molecule has 0 amide bonds. The third-order valence-electron chi connectivity index (χ3n) is 5.89. The Labute approximate surface area is 207 Å². The first-order chi connectivity index (χ1) is 16.7. The smallest absolute Gasteiger partial charge is 0.343 e. The van der Waals surface area contributed by atoms with E-state index in [1.807, 2.05) is 36.4 Å². The molecular weight excluding hydrogens is 424 g/mol. The summed E-state index contributed by atoms with van der Waals surface area (Å²) in [5.74, 6) is 1.01. The van der Waals surface area contributed by atoms with Gasteiger partial charge in [0.1, 0.15) is 11.5 Å². The SMILES string of the molecule is CCCCCCCCOc1ccc(C(=O)Oc2ccc(CCCCOCCCCC)cc2)cc1. The van der Waals surface area contributed by atoms with Crippen LogP contribution in [0.15, 0.2) is 48.5 Å². The van der Waals surface area contributed by atoms with Crippen molar-refractivity contribution in [3.63, 3.8) is 0 Å². The molecule has 0 fully saturated rings. The topological polar surface area (TPSA) is 44.8 Å². The van der Waals surface area contributed by atoms with Gasteiger partial charge < -0.3 is 14.2 Å². The van der Waals surface area contributed by atoms with Crippen molar-refractivity contribution in [3.8, 4) is 11.5 Å². The molecule has 0 spiro atoms. The molecule has 0 heterocycles. The Bertz CT molecular complexity index is 767. The second kappa shape index (κ2) is 18.1. The van der Waals surface area contributed by atoms with Crippen LogP contribution in [0, 0.1) is 0 Å². The summed E-state index contributed by atoms with van der Waals surface area (Å²) in [6, 6.07) is 15.0. The fourth-order valence-electron chi connectivity index (χ4n) is 3.74. The molecule has 0 aliphatic rings. The quantitative estimate of drug-likeness (QED) is 0.118. The molecule has 2 aromatic carbocycles. The van der Waals surface area contributed by atoms with Crippen molar-refractivity contribution < 1.29 is 19.0 Å². The summed E-state index contributed by atoms with van der Waals surface area (Å²) in [7, 11) is 0. The number of esters is 1. The second-order valence-electron chi connectivity index (χ2n) is 8.95. The van der Waals surface area contributed by atoms with Crippen molar-refractivity contribution in [2.75, 3.05) is 19.8 Å². The van der Waals surface area contributed by atoms with E-state index >= 15 is 0 Å². The van der Waals surface area contributed by atoms with E-state index in [2.05, 4.69) is 13.8 Å². The van der Waals surface area contributed by atoms with Crippen molar-refractivity contribution in [1.29, 1.82) is 0 Å². The number of ether oxygens (including phenoxy) is 3. The van der Waals surface area contributed by atoms with Crippen LogP contribution in [0.25, 0.3) is 0 Å². The van der Waals surface area contributed by atoms with E-state index in [1.54, 1.807) is 12.1 Å². The van der Waals surface area contributed by atoms with Gasteiger partial charge in [-0.05, 0) is 74.1 Å². The maximum absolute atomic E-state index is 12.5. The lowest BCUT2D eigenvalue weighted by Gasteiger charge is -2.08. The van der Waals surface area contributed by atoms with Crippen LogP contribution < -0.4 is 9.47 Å². The number of aryl methyl sites for hydroxylation is 1. The Morgan fingerprint density at radius 3 is 1.88 bits per heavy atom. The minimum Gasteiger partial charge on any atom is -0.494 e. The second-order valence-corrected chi connectivity index (χ2v) is 8.95. The van der Waals surface area contributed by atoms with Crippen LogP contribution in [0.1, 0.15) is 100 Å². The molecule has 0 radical (unpaired) electrons. The Kier molecular flexibility index (Phi) is 14.8. The molecular formula is C30H44O4. The molecule has 2 rings (SSSR count). The fraction of sp³-hybridized carbons (Fsp3) is 0.567. The fourth-order valence-corrected chi connectivity index (χ4v) is 3.74. The van der Waals surface area contributed by atoms with Crippen LogP contribution in [-0.2, 0) is 11.2 Å². The van der Waals surface area contributed by atoms with E-state index in [0.29, 0.717) is 17.9 Å². The van der Waals surface area contributed by atoms with Crippen molar-refractivity contribution >= 4 is 5.97 Å². The summed E-state index contributed by atoms with van der Waals surface area (Å²) in [6.45, 7) is 6.87. The summed E-state index contributed by atoms with van der Waals surface area (Å²) in [4.78, 5) is 12.5. The first-order valence-corrected chi connectivity index (χ1v) is 13.3. The molecule has 0 N–H and O–H groups in total. The number of carbonyl (C=O) groups is 1. The molecule has 34 heavy (non-hydrogen) atoms. The molecule has 2 aromatic rings. The van der Waals surface area contributed by atoms with Crippen LogP contribution in [0.5, 0.6) is 11.5 Å². The minimum atomic E-state index is -0.351. The van der Waals surface area contributed by atoms with Crippen LogP contribution >= 0.6 is 0 Å². The molecule has 0 aliphatic carbocycles. The largest absolute Gasteiger partial charge is 0.494 e. The molecule has 4 heteroatoms. The highest BCUT2D eigenvalue weighted by Crippen LogP contribution is 2.18. The molecule has 188 valence electrons. The third kappa shape index (κ3) is 12.2. The molecule has 0 bridgehead atoms. The van der Waals surface area contributed by atoms with Gasteiger partial charge in [0.2, 0.25) is 0 Å². The molecule has 0 aromatic heterocycles. The Morgan fingerprint density at radius 1 is 0.618 bits per heavy atom. The monoisotopic (exact) mass is 468 g/mol. The molecule has 0 atom stereocenters. The highest BCUT2D eigenvalue weighted by Gasteiger charge is 2.09. The number of carbonyl (C=O) groups excluding carboxylic acids is 1. The normalized spacial score (nSPS) is 10.9. The van der Waals surface area contributed by atoms with Gasteiger partial charge in [0, 0.05) is 13.2 Å². The van der Waals surface area contributed by atoms with Gasteiger partial charge in [0.05, 0.1) is 12.2 Å². The van der Waals surface area contributed by atoms with Crippen LogP contribution in [0.4, 0.5) is 0 Å². The number of unbranched alkanes of at least 4 members (excludes halogenated alkanes) is 8. The molecule has 4 nitrogen and oxygen atoms in total. The van der Waals surface area contributed by atoms with E-state index < -0.39 is 0 Å². The summed E-state index contributed by atoms with van der Waals surface area (Å²) in [6.07, 6.45) is 14.3. The lowest BCUT2D eigenvalue weighted by Crippen LogP contribution is -2.08. The first-order valence-electron chi connectivity index (χ1n) is 13.3. The van der Waals surface area contributed by atoms with Gasteiger partial charge in [-0.1, -0.05) is 70.9 Å². The molecule has 0 saturated heterocycles. The number of hydrogen-bond acceptors (Lipinski definition) is 4. The van der Waals surface area contributed by atoms with Crippen molar-refractivity contribution in [2.45, 2.75) is 90.9 Å². The summed E-state index contributed by atoms with van der Waals surface area (Å²) in [5, 5.41) is 0. The van der Waals surface area contributed by atoms with Crippen molar-refractivity contribution in [2.24, 2.45) is 0 Å². The van der Waals surface area contributed by atoms with Gasteiger partial charge in [0.25, 0.3) is 0 Å². The van der Waals surface area contributed by atoms with E-state index in [0.717, 1.165) is 51.1 Å². The zero-order valence-corrected chi connectivity index (χ0v) is 21.4. The highest BCUT2D eigenvalue weighted by molar-refractivity contribution is 5.91. The zero-order valence-electron chi connectivity index (χ0n) is 21.4. The summed E-state index contributed by atoms with van der Waals surface area (Å²) >= 11 is 0.